The molecule has 30 heavy (non-hydrogen) atoms. The number of hydrogen-bond donors (Lipinski definition) is 2. The molecule has 164 valence electrons. The first-order chi connectivity index (χ1) is 14.3. The summed E-state index contributed by atoms with van der Waals surface area (Å²) in [7, 11) is 0. The lowest BCUT2D eigenvalue weighted by Crippen LogP contribution is -2.51. The summed E-state index contributed by atoms with van der Waals surface area (Å²) >= 11 is 0. The Bertz CT molecular complexity index is 831. The molecule has 1 aliphatic rings. The summed E-state index contributed by atoms with van der Waals surface area (Å²) in [6, 6.07) is 4.88. The molecule has 1 aromatic carbocycles. The monoisotopic (exact) mass is 418 g/mol. The molecule has 1 atom stereocenters. The second-order valence-corrected chi connectivity index (χ2v) is 7.32. The van der Waals surface area contributed by atoms with E-state index >= 15 is 0 Å². The minimum atomic E-state index is -0.609. The fourth-order valence-corrected chi connectivity index (χ4v) is 3.15. The van der Waals surface area contributed by atoms with Crippen LogP contribution in [0.2, 0.25) is 0 Å². The van der Waals surface area contributed by atoms with Gasteiger partial charge >= 0.3 is 18.0 Å². The molecule has 0 fully saturated rings. The van der Waals surface area contributed by atoms with Crippen molar-refractivity contribution in [3.8, 4) is 5.75 Å². The standard InChI is InChI=1S/C22H30N2O6/c1-6-16-20(21(26)28-7-2)17(24-22(27)23-16)11-30-19(25)12-29-18-10-14(5)8-9-15(18)13(3)4/h8-10,13,16H,6-7,11-12H2,1-5H3,(H2,23,24,27)/t16-/m0/s1. The van der Waals surface area contributed by atoms with Crippen LogP contribution >= 0.6 is 0 Å². The van der Waals surface area contributed by atoms with Gasteiger partial charge in [0.1, 0.15) is 12.4 Å². The predicted octanol–water partition coefficient (Wildman–Crippen LogP) is 2.95. The van der Waals surface area contributed by atoms with Crippen molar-refractivity contribution in [2.45, 2.75) is 53.0 Å². The largest absolute Gasteiger partial charge is 0.482 e. The van der Waals surface area contributed by atoms with Gasteiger partial charge in [-0.05, 0) is 43.4 Å². The molecule has 0 saturated heterocycles. The van der Waals surface area contributed by atoms with Crippen molar-refractivity contribution in [1.82, 2.24) is 10.6 Å². The fraction of sp³-hybridized carbons (Fsp3) is 0.500. The Morgan fingerprint density at radius 3 is 2.53 bits per heavy atom. The number of rotatable bonds is 9. The van der Waals surface area contributed by atoms with Crippen LogP contribution in [0.3, 0.4) is 0 Å². The van der Waals surface area contributed by atoms with E-state index in [2.05, 4.69) is 10.6 Å². The number of benzene rings is 1. The maximum atomic E-state index is 12.3. The van der Waals surface area contributed by atoms with Crippen LogP contribution in [-0.2, 0) is 19.1 Å². The number of esters is 2. The third-order valence-corrected chi connectivity index (χ3v) is 4.66. The van der Waals surface area contributed by atoms with Crippen molar-refractivity contribution in [2.24, 2.45) is 0 Å². The molecule has 0 spiro atoms. The van der Waals surface area contributed by atoms with Crippen molar-refractivity contribution in [3.63, 3.8) is 0 Å². The topological polar surface area (TPSA) is 103 Å². The van der Waals surface area contributed by atoms with Crippen LogP contribution in [0.4, 0.5) is 4.79 Å². The van der Waals surface area contributed by atoms with Gasteiger partial charge in [-0.3, -0.25) is 0 Å². The normalized spacial score (nSPS) is 16.1. The number of carbonyl (C=O) groups is 3. The summed E-state index contributed by atoms with van der Waals surface area (Å²) in [4.78, 5) is 36.5. The highest BCUT2D eigenvalue weighted by Crippen LogP contribution is 2.27. The van der Waals surface area contributed by atoms with Crippen LogP contribution in [-0.4, -0.2) is 43.8 Å². The van der Waals surface area contributed by atoms with E-state index in [1.165, 1.54) is 0 Å². The average Bonchev–Trinajstić information content (AvgIpc) is 2.69. The molecule has 8 nitrogen and oxygen atoms in total. The number of amides is 2. The molecule has 2 amide bonds. The van der Waals surface area contributed by atoms with E-state index in [4.69, 9.17) is 14.2 Å². The van der Waals surface area contributed by atoms with Crippen LogP contribution in [0.5, 0.6) is 5.75 Å². The van der Waals surface area contributed by atoms with Crippen LogP contribution in [0.25, 0.3) is 0 Å². The van der Waals surface area contributed by atoms with Gasteiger partial charge in [0.15, 0.2) is 6.61 Å². The Morgan fingerprint density at radius 2 is 1.90 bits per heavy atom. The molecule has 0 aliphatic carbocycles. The molecular formula is C22H30N2O6. The van der Waals surface area contributed by atoms with Crippen molar-refractivity contribution < 1.29 is 28.6 Å². The zero-order valence-electron chi connectivity index (χ0n) is 18.2. The van der Waals surface area contributed by atoms with Gasteiger partial charge in [0.05, 0.1) is 23.9 Å². The molecule has 8 heteroatoms. The van der Waals surface area contributed by atoms with Crippen LogP contribution in [0.1, 0.15) is 51.2 Å². The quantitative estimate of drug-likeness (QED) is 0.598. The van der Waals surface area contributed by atoms with Crippen molar-refractivity contribution in [2.75, 3.05) is 19.8 Å². The summed E-state index contributed by atoms with van der Waals surface area (Å²) in [6.45, 7) is 9.22. The molecule has 0 radical (unpaired) electrons. The number of nitrogens with one attached hydrogen (secondary N) is 2. The maximum Gasteiger partial charge on any atom is 0.344 e. The molecule has 2 rings (SSSR count). The molecule has 0 saturated carbocycles. The lowest BCUT2D eigenvalue weighted by atomic mass is 10.0. The first-order valence-corrected chi connectivity index (χ1v) is 10.1. The summed E-state index contributed by atoms with van der Waals surface area (Å²) in [5, 5.41) is 5.21. The number of aryl methyl sites for hydroxylation is 1. The maximum absolute atomic E-state index is 12.3. The van der Waals surface area contributed by atoms with Gasteiger partial charge in [-0.25, -0.2) is 14.4 Å². The lowest BCUT2D eigenvalue weighted by molar-refractivity contribution is -0.145. The number of urea groups is 1. The molecule has 0 unspecified atom stereocenters. The van der Waals surface area contributed by atoms with E-state index in [1.807, 2.05) is 45.9 Å². The highest BCUT2D eigenvalue weighted by molar-refractivity contribution is 5.94. The van der Waals surface area contributed by atoms with Crippen LogP contribution in [0.15, 0.2) is 29.5 Å². The van der Waals surface area contributed by atoms with E-state index in [9.17, 15) is 14.4 Å². The number of hydrogen-bond acceptors (Lipinski definition) is 6. The van der Waals surface area contributed by atoms with Gasteiger partial charge in [0.25, 0.3) is 0 Å². The van der Waals surface area contributed by atoms with E-state index < -0.39 is 24.0 Å². The van der Waals surface area contributed by atoms with Gasteiger partial charge in [0, 0.05) is 0 Å². The summed E-state index contributed by atoms with van der Waals surface area (Å²) in [6.07, 6.45) is 0.494. The number of carbonyl (C=O) groups excluding carboxylic acids is 3. The van der Waals surface area contributed by atoms with Crippen LogP contribution in [0, 0.1) is 6.92 Å². The first kappa shape index (κ1) is 23.3. The molecule has 1 aliphatic heterocycles. The summed E-state index contributed by atoms with van der Waals surface area (Å²) in [5.41, 5.74) is 2.50. The Balaban J connectivity index is 2.07. The predicted molar refractivity (Wildman–Crippen MR) is 111 cm³/mol. The van der Waals surface area contributed by atoms with E-state index in [1.54, 1.807) is 6.92 Å². The average molecular weight is 418 g/mol. The minimum Gasteiger partial charge on any atom is -0.482 e. The minimum absolute atomic E-state index is 0.197. The molecule has 1 aromatic rings. The molecule has 0 bridgehead atoms. The third kappa shape index (κ3) is 5.98. The van der Waals surface area contributed by atoms with E-state index in [0.717, 1.165) is 11.1 Å². The summed E-state index contributed by atoms with van der Waals surface area (Å²) < 4.78 is 16.0. The Labute approximate surface area is 176 Å². The number of ether oxygens (including phenoxy) is 3. The highest BCUT2D eigenvalue weighted by Gasteiger charge is 2.32. The van der Waals surface area contributed by atoms with Crippen molar-refractivity contribution in [3.05, 3.63) is 40.6 Å². The second kappa shape index (κ2) is 10.7. The molecular weight excluding hydrogens is 388 g/mol. The third-order valence-electron chi connectivity index (χ3n) is 4.66. The van der Waals surface area contributed by atoms with Gasteiger partial charge in [-0.1, -0.05) is 32.9 Å². The first-order valence-electron chi connectivity index (χ1n) is 10.1. The fourth-order valence-electron chi connectivity index (χ4n) is 3.15. The van der Waals surface area contributed by atoms with Gasteiger partial charge < -0.3 is 24.8 Å². The van der Waals surface area contributed by atoms with Crippen molar-refractivity contribution >= 4 is 18.0 Å². The van der Waals surface area contributed by atoms with E-state index in [0.29, 0.717) is 12.2 Å². The SMILES string of the molecule is CCOC(=O)C1=C(COC(=O)COc2cc(C)ccc2C(C)C)NC(=O)N[C@H]1CC. The highest BCUT2D eigenvalue weighted by atomic mass is 16.6. The smallest absolute Gasteiger partial charge is 0.344 e. The Hall–Kier alpha value is -3.03. The molecule has 1 heterocycles. The van der Waals surface area contributed by atoms with Gasteiger partial charge in [0.2, 0.25) is 0 Å². The van der Waals surface area contributed by atoms with Gasteiger partial charge in [-0.15, -0.1) is 0 Å². The Morgan fingerprint density at radius 1 is 1.17 bits per heavy atom. The van der Waals surface area contributed by atoms with E-state index in [-0.39, 0.29) is 37.0 Å². The lowest BCUT2D eigenvalue weighted by Gasteiger charge is -2.28. The van der Waals surface area contributed by atoms with Gasteiger partial charge in [-0.2, -0.15) is 0 Å². The zero-order valence-corrected chi connectivity index (χ0v) is 18.2. The van der Waals surface area contributed by atoms with Crippen LogP contribution < -0.4 is 15.4 Å². The Kier molecular flexibility index (Phi) is 8.26. The second-order valence-electron chi connectivity index (χ2n) is 7.32. The van der Waals surface area contributed by atoms with Crippen molar-refractivity contribution in [1.29, 1.82) is 0 Å². The molecule has 0 aromatic heterocycles. The molecule has 2 N–H and O–H groups in total. The summed E-state index contributed by atoms with van der Waals surface area (Å²) in [5.74, 6) is -0.289. The zero-order chi connectivity index (χ0) is 22.3.